The zero-order valence-corrected chi connectivity index (χ0v) is 8.50. The lowest BCUT2D eigenvalue weighted by Gasteiger charge is -2.13. The van der Waals surface area contributed by atoms with Crippen LogP contribution in [0, 0.1) is 0 Å². The molecule has 0 aromatic rings. The summed E-state index contributed by atoms with van der Waals surface area (Å²) < 4.78 is 20.9. The van der Waals surface area contributed by atoms with Gasteiger partial charge < -0.3 is 9.47 Å². The molecule has 14 heavy (non-hydrogen) atoms. The van der Waals surface area contributed by atoms with Crippen molar-refractivity contribution in [2.24, 2.45) is 0 Å². The molecule has 0 spiro atoms. The van der Waals surface area contributed by atoms with Crippen LogP contribution >= 0.6 is 11.6 Å². The number of ether oxygens (including phenoxy) is 2. The molecule has 0 aliphatic rings. The molecule has 0 amide bonds. The lowest BCUT2D eigenvalue weighted by molar-refractivity contribution is -0.162. The molecule has 2 unspecified atom stereocenters. The van der Waals surface area contributed by atoms with Gasteiger partial charge in [0.15, 0.2) is 0 Å². The van der Waals surface area contributed by atoms with E-state index in [2.05, 4.69) is 9.47 Å². The van der Waals surface area contributed by atoms with Gasteiger partial charge >= 0.3 is 5.97 Å². The van der Waals surface area contributed by atoms with E-state index in [1.54, 1.807) is 6.92 Å². The Morgan fingerprint density at radius 2 is 2.29 bits per heavy atom. The van der Waals surface area contributed by atoms with Gasteiger partial charge in [0.2, 0.25) is 6.10 Å². The molecule has 0 aromatic carbocycles. The summed E-state index contributed by atoms with van der Waals surface area (Å²) in [5.74, 6) is -0.776. The molecule has 0 heterocycles. The lowest BCUT2D eigenvalue weighted by Crippen LogP contribution is -2.28. The first-order chi connectivity index (χ1) is 6.61. The van der Waals surface area contributed by atoms with Crippen LogP contribution in [0.4, 0.5) is 4.39 Å². The van der Waals surface area contributed by atoms with Gasteiger partial charge in [0.05, 0.1) is 12.1 Å². The van der Waals surface area contributed by atoms with Crippen LogP contribution in [-0.4, -0.2) is 37.2 Å². The highest BCUT2D eigenvalue weighted by Crippen LogP contribution is 2.03. The van der Waals surface area contributed by atoms with Crippen molar-refractivity contribution in [2.45, 2.75) is 24.8 Å². The molecule has 0 aliphatic carbocycles. The maximum Gasteiger partial charge on any atom is 0.347 e. The highest BCUT2D eigenvalue weighted by atomic mass is 35.5. The molecule has 0 aromatic heterocycles. The summed E-state index contributed by atoms with van der Waals surface area (Å²) in [4.78, 5) is 21.1. The number of rotatable bonds is 7. The van der Waals surface area contributed by atoms with Crippen molar-refractivity contribution >= 4 is 24.0 Å². The van der Waals surface area contributed by atoms with Crippen LogP contribution in [0.15, 0.2) is 0 Å². The summed E-state index contributed by atoms with van der Waals surface area (Å²) in [6.45, 7) is 0.973. The van der Waals surface area contributed by atoms with Crippen LogP contribution in [-0.2, 0) is 19.1 Å². The molecule has 6 heteroatoms. The highest BCUT2D eigenvalue weighted by Gasteiger charge is 2.21. The average molecular weight is 227 g/mol. The third-order valence-corrected chi connectivity index (χ3v) is 1.44. The molecule has 0 radical (unpaired) electrons. The first-order valence-corrected chi connectivity index (χ1v) is 4.51. The summed E-state index contributed by atoms with van der Waals surface area (Å²) in [6.07, 6.45) is -1.37. The van der Waals surface area contributed by atoms with Gasteiger partial charge in [-0.3, -0.25) is 9.18 Å². The number of hydrogen-bond donors (Lipinski definition) is 0. The minimum atomic E-state index is -1.17. The number of halogens is 2. The van der Waals surface area contributed by atoms with Crippen LogP contribution in [0.3, 0.4) is 0 Å². The highest BCUT2D eigenvalue weighted by molar-refractivity contribution is 6.20. The third-order valence-electron chi connectivity index (χ3n) is 1.31. The minimum absolute atomic E-state index is 0.00535. The normalized spacial score (nSPS) is 14.2. The van der Waals surface area contributed by atoms with Crippen LogP contribution in [0.25, 0.3) is 0 Å². The monoisotopic (exact) mass is 226 g/mol. The Balaban J connectivity index is 3.94. The molecular weight excluding hydrogens is 215 g/mol. The van der Waals surface area contributed by atoms with E-state index in [4.69, 9.17) is 11.6 Å². The van der Waals surface area contributed by atoms with Gasteiger partial charge in [0.1, 0.15) is 6.61 Å². The Morgan fingerprint density at radius 1 is 1.64 bits per heavy atom. The number of carbonyl (C=O) groups is 2. The zero-order valence-electron chi connectivity index (χ0n) is 7.74. The molecule has 0 rings (SSSR count). The van der Waals surface area contributed by atoms with Gasteiger partial charge in [0.25, 0.3) is 6.47 Å². The Kier molecular flexibility index (Phi) is 7.10. The van der Waals surface area contributed by atoms with Crippen molar-refractivity contribution in [2.75, 3.05) is 13.3 Å². The van der Waals surface area contributed by atoms with E-state index < -0.39 is 18.7 Å². The quantitative estimate of drug-likeness (QED) is 0.370. The molecule has 0 aliphatic heterocycles. The maximum atomic E-state index is 11.9. The van der Waals surface area contributed by atoms with E-state index in [-0.39, 0.29) is 24.9 Å². The van der Waals surface area contributed by atoms with E-state index in [1.165, 1.54) is 0 Å². The molecule has 4 nitrogen and oxygen atoms in total. The fourth-order valence-corrected chi connectivity index (χ4v) is 0.761. The molecule has 0 fully saturated rings. The first kappa shape index (κ1) is 13.2. The Hall–Kier alpha value is -0.840. The largest absolute Gasteiger partial charge is 0.461 e. The van der Waals surface area contributed by atoms with Gasteiger partial charge in [-0.1, -0.05) is 0 Å². The first-order valence-electron chi connectivity index (χ1n) is 4.07. The van der Waals surface area contributed by atoms with E-state index in [9.17, 15) is 14.0 Å². The Labute approximate surface area is 86.3 Å². The van der Waals surface area contributed by atoms with E-state index in [0.717, 1.165) is 0 Å². The number of esters is 1. The van der Waals surface area contributed by atoms with E-state index >= 15 is 0 Å². The van der Waals surface area contributed by atoms with Crippen molar-refractivity contribution in [3.8, 4) is 0 Å². The van der Waals surface area contributed by atoms with Crippen LogP contribution in [0.1, 0.15) is 13.3 Å². The molecule has 0 saturated carbocycles. The summed E-state index contributed by atoms with van der Waals surface area (Å²) in [5, 5.41) is -0.332. The SMILES string of the molecule is CC(Cl)COC(=O)C(CCF)OC=O. The Morgan fingerprint density at radius 3 is 2.71 bits per heavy atom. The summed E-state index contributed by atoms with van der Waals surface area (Å²) in [7, 11) is 0. The van der Waals surface area contributed by atoms with Gasteiger partial charge in [-0.05, 0) is 6.92 Å². The summed E-state index contributed by atoms with van der Waals surface area (Å²) >= 11 is 5.52. The maximum absolute atomic E-state index is 11.9. The van der Waals surface area contributed by atoms with Crippen LogP contribution < -0.4 is 0 Å². The van der Waals surface area contributed by atoms with Crippen molar-refractivity contribution in [3.05, 3.63) is 0 Å². The van der Waals surface area contributed by atoms with Gasteiger partial charge in [0, 0.05) is 6.42 Å². The smallest absolute Gasteiger partial charge is 0.347 e. The lowest BCUT2D eigenvalue weighted by atomic mass is 10.3. The second kappa shape index (κ2) is 7.55. The standard InChI is InChI=1S/C8H12ClFO4/c1-6(9)4-13-8(12)7(2-3-10)14-5-11/h5-7H,2-4H2,1H3. The van der Waals surface area contributed by atoms with Crippen molar-refractivity contribution in [3.63, 3.8) is 0 Å². The fourth-order valence-electron chi connectivity index (χ4n) is 0.698. The van der Waals surface area contributed by atoms with Crippen LogP contribution in [0.2, 0.25) is 0 Å². The van der Waals surface area contributed by atoms with E-state index in [1.807, 2.05) is 0 Å². The number of carbonyl (C=O) groups excluding carboxylic acids is 2. The van der Waals surface area contributed by atoms with Gasteiger partial charge in [-0.2, -0.15) is 0 Å². The number of hydrogen-bond acceptors (Lipinski definition) is 4. The van der Waals surface area contributed by atoms with Gasteiger partial charge in [-0.15, -0.1) is 11.6 Å². The van der Waals surface area contributed by atoms with Crippen LogP contribution in [0.5, 0.6) is 0 Å². The van der Waals surface area contributed by atoms with Gasteiger partial charge in [-0.25, -0.2) is 4.79 Å². The molecule has 0 N–H and O–H groups in total. The van der Waals surface area contributed by atoms with E-state index in [0.29, 0.717) is 0 Å². The van der Waals surface area contributed by atoms with Crippen molar-refractivity contribution in [1.29, 1.82) is 0 Å². The molecule has 2 atom stereocenters. The second-order valence-corrected chi connectivity index (χ2v) is 3.35. The molecule has 82 valence electrons. The summed E-state index contributed by atoms with van der Waals surface area (Å²) in [5.41, 5.74) is 0. The zero-order chi connectivity index (χ0) is 11.0. The minimum Gasteiger partial charge on any atom is -0.461 e. The second-order valence-electron chi connectivity index (χ2n) is 2.61. The third kappa shape index (κ3) is 5.75. The predicted octanol–water partition coefficient (Wildman–Crippen LogP) is 1.06. The molecule has 0 bridgehead atoms. The number of alkyl halides is 2. The average Bonchev–Trinajstić information content (AvgIpc) is 2.14. The topological polar surface area (TPSA) is 52.6 Å². The Bertz CT molecular complexity index is 186. The fraction of sp³-hybridized carbons (Fsp3) is 0.750. The van der Waals surface area contributed by atoms with Crippen molar-refractivity contribution < 1.29 is 23.5 Å². The molecule has 0 saturated heterocycles. The molecular formula is C8H12ClFO4. The predicted molar refractivity (Wildman–Crippen MR) is 47.8 cm³/mol. The summed E-state index contributed by atoms with van der Waals surface area (Å²) in [6, 6.07) is 0. The van der Waals surface area contributed by atoms with Crippen molar-refractivity contribution in [1.82, 2.24) is 0 Å².